The van der Waals surface area contributed by atoms with Crippen LogP contribution in [0.5, 0.6) is 0 Å². The molecule has 33 heavy (non-hydrogen) atoms. The van der Waals surface area contributed by atoms with Crippen LogP contribution in [0.4, 0.5) is 5.82 Å². The predicted octanol–water partition coefficient (Wildman–Crippen LogP) is 1.31. The average molecular weight is 441 g/mol. The number of piperidine rings is 1. The molecule has 2 aliphatic heterocycles. The van der Waals surface area contributed by atoms with E-state index >= 15 is 0 Å². The summed E-state index contributed by atoms with van der Waals surface area (Å²) in [5, 5.41) is 20.9. The Hall–Kier alpha value is -4.40. The van der Waals surface area contributed by atoms with Crippen LogP contribution in [-0.4, -0.2) is 62.6 Å². The van der Waals surface area contributed by atoms with Crippen LogP contribution >= 0.6 is 0 Å². The summed E-state index contributed by atoms with van der Waals surface area (Å²) in [5.41, 5.74) is 9.29. The van der Waals surface area contributed by atoms with Crippen LogP contribution in [0.25, 0.3) is 16.8 Å². The van der Waals surface area contributed by atoms with Crippen molar-refractivity contribution in [2.24, 2.45) is 0 Å². The first kappa shape index (κ1) is 19.3. The largest absolute Gasteiger partial charge is 0.384 e. The van der Waals surface area contributed by atoms with E-state index in [-0.39, 0.29) is 35.6 Å². The number of nitrogens with zero attached hydrogens (tertiary/aromatic N) is 9. The minimum atomic E-state index is -0.0970. The Kier molecular flexibility index (Phi) is 4.29. The summed E-state index contributed by atoms with van der Waals surface area (Å²) in [5.74, 6) is 0.949. The Morgan fingerprint density at radius 1 is 1.18 bits per heavy atom. The third-order valence-electron chi connectivity index (χ3n) is 6.59. The van der Waals surface area contributed by atoms with Crippen molar-refractivity contribution in [3.63, 3.8) is 0 Å². The fraction of sp³-hybridized carbons (Fsp3) is 0.333. The maximum atomic E-state index is 12.9. The highest BCUT2D eigenvalue weighted by Crippen LogP contribution is 2.43. The van der Waals surface area contributed by atoms with Crippen molar-refractivity contribution in [1.82, 2.24) is 44.6 Å². The number of amides is 1. The summed E-state index contributed by atoms with van der Waals surface area (Å²) < 4.78 is 1.59. The molecule has 4 aromatic rings. The normalized spacial score (nSPS) is 21.9. The minimum absolute atomic E-state index is 0.0970. The van der Waals surface area contributed by atoms with Crippen LogP contribution in [0, 0.1) is 11.3 Å². The monoisotopic (exact) mass is 441 g/mol. The molecule has 2 fully saturated rings. The lowest BCUT2D eigenvalue weighted by Crippen LogP contribution is -2.46. The fourth-order valence-electron chi connectivity index (χ4n) is 5.13. The lowest BCUT2D eigenvalue weighted by molar-refractivity contribution is 0.0557. The van der Waals surface area contributed by atoms with E-state index in [2.05, 4.69) is 30.2 Å². The van der Waals surface area contributed by atoms with Gasteiger partial charge in [0.15, 0.2) is 5.65 Å². The zero-order chi connectivity index (χ0) is 22.5. The number of H-pyrrole nitrogens is 1. The van der Waals surface area contributed by atoms with E-state index in [1.807, 2.05) is 17.0 Å². The Morgan fingerprint density at radius 2 is 1.94 bits per heavy atom. The number of aromatic amines is 1. The Labute approximate surface area is 187 Å². The summed E-state index contributed by atoms with van der Waals surface area (Å²) in [6.45, 7) is 0. The van der Waals surface area contributed by atoms with Gasteiger partial charge in [0.1, 0.15) is 18.2 Å². The molecule has 0 radical (unpaired) electrons. The first-order valence-corrected chi connectivity index (χ1v) is 10.7. The number of nitriles is 1. The highest BCUT2D eigenvalue weighted by molar-refractivity contribution is 5.91. The molecule has 6 rings (SSSR count). The number of hydrogen-bond donors (Lipinski definition) is 2. The summed E-state index contributed by atoms with van der Waals surface area (Å²) in [6, 6.07) is 4.04. The maximum absolute atomic E-state index is 12.9. The quantitative estimate of drug-likeness (QED) is 0.476. The molecule has 6 heterocycles. The first-order valence-electron chi connectivity index (χ1n) is 10.7. The second-order valence-corrected chi connectivity index (χ2v) is 8.41. The molecule has 0 aromatic carbocycles. The molecule has 12 heteroatoms. The van der Waals surface area contributed by atoms with Gasteiger partial charge in [-0.15, -0.1) is 10.2 Å². The molecule has 0 aliphatic carbocycles. The molecule has 3 atom stereocenters. The molecular weight excluding hydrogens is 422 g/mol. The van der Waals surface area contributed by atoms with E-state index in [1.165, 1.54) is 6.33 Å². The van der Waals surface area contributed by atoms with Crippen LogP contribution in [-0.2, 0) is 0 Å². The molecule has 0 saturated carbocycles. The molecule has 2 saturated heterocycles. The molecular formula is C21H19N11O. The molecule has 4 aromatic heterocycles. The van der Waals surface area contributed by atoms with E-state index in [1.54, 1.807) is 23.1 Å². The van der Waals surface area contributed by atoms with Gasteiger partial charge in [-0.25, -0.2) is 15.0 Å². The van der Waals surface area contributed by atoms with Gasteiger partial charge in [-0.05, 0) is 25.7 Å². The third-order valence-corrected chi connectivity index (χ3v) is 6.59. The molecule has 12 nitrogen and oxygen atoms in total. The van der Waals surface area contributed by atoms with Crippen LogP contribution in [0.15, 0.2) is 31.0 Å². The van der Waals surface area contributed by atoms with Crippen molar-refractivity contribution in [2.75, 3.05) is 5.73 Å². The van der Waals surface area contributed by atoms with Crippen LogP contribution < -0.4 is 5.73 Å². The number of hydrogen-bond acceptors (Lipinski definition) is 9. The van der Waals surface area contributed by atoms with E-state index in [0.29, 0.717) is 17.0 Å². The van der Waals surface area contributed by atoms with Crippen LogP contribution in [0.1, 0.15) is 53.7 Å². The van der Waals surface area contributed by atoms with Gasteiger partial charge in [-0.1, -0.05) is 0 Å². The summed E-state index contributed by atoms with van der Waals surface area (Å²) in [6.07, 6.45) is 9.80. The molecule has 2 unspecified atom stereocenters. The number of aromatic nitrogens is 8. The molecule has 3 N–H and O–H groups in total. The van der Waals surface area contributed by atoms with Gasteiger partial charge < -0.3 is 15.6 Å². The standard InChI is InChI=1S/C21H19N11O/c22-6-18-24-7-12(8-25-18)15-9-28-32-17(23)5-16(29-20(15)32)11-3-13-1-2-14(4-11)31(13)21(33)19-26-10-27-30-19/h5,7-11,13-14H,1-4,23H2,(H,26,27,30)/t11?,13-,14?/m1/s1. The van der Waals surface area contributed by atoms with E-state index in [9.17, 15) is 4.79 Å². The van der Waals surface area contributed by atoms with Crippen LogP contribution in [0.3, 0.4) is 0 Å². The smallest absolute Gasteiger partial charge is 0.292 e. The minimum Gasteiger partial charge on any atom is -0.384 e. The average Bonchev–Trinajstić information content (AvgIpc) is 3.57. The van der Waals surface area contributed by atoms with Gasteiger partial charge in [0.2, 0.25) is 11.6 Å². The molecule has 1 amide bonds. The molecule has 2 bridgehead atoms. The topological polar surface area (TPSA) is 168 Å². The number of anilines is 1. The number of nitrogens with two attached hydrogens (primary N) is 1. The summed E-state index contributed by atoms with van der Waals surface area (Å²) >= 11 is 0. The zero-order valence-corrected chi connectivity index (χ0v) is 17.5. The number of rotatable bonds is 3. The van der Waals surface area contributed by atoms with Crippen LogP contribution in [0.2, 0.25) is 0 Å². The van der Waals surface area contributed by atoms with E-state index < -0.39 is 0 Å². The van der Waals surface area contributed by atoms with Crippen molar-refractivity contribution >= 4 is 17.4 Å². The molecule has 2 aliphatic rings. The van der Waals surface area contributed by atoms with Gasteiger partial charge in [0, 0.05) is 53.3 Å². The number of nitrogens with one attached hydrogen (secondary N) is 1. The van der Waals surface area contributed by atoms with Gasteiger partial charge >= 0.3 is 0 Å². The summed E-state index contributed by atoms with van der Waals surface area (Å²) in [4.78, 5) is 30.7. The number of carbonyl (C=O) groups is 1. The molecule has 164 valence electrons. The van der Waals surface area contributed by atoms with E-state index in [0.717, 1.165) is 36.9 Å². The highest BCUT2D eigenvalue weighted by Gasteiger charge is 2.45. The maximum Gasteiger partial charge on any atom is 0.292 e. The van der Waals surface area contributed by atoms with Gasteiger partial charge in [0.05, 0.1) is 6.20 Å². The number of carbonyl (C=O) groups excluding carboxylic acids is 1. The first-order chi connectivity index (χ1) is 16.1. The number of fused-ring (bicyclic) bond motifs is 3. The highest BCUT2D eigenvalue weighted by atomic mass is 16.2. The third kappa shape index (κ3) is 3.08. The van der Waals surface area contributed by atoms with Crippen molar-refractivity contribution in [3.05, 3.63) is 48.3 Å². The molecule has 0 spiro atoms. The second-order valence-electron chi connectivity index (χ2n) is 8.41. The fourth-order valence-corrected chi connectivity index (χ4v) is 5.13. The van der Waals surface area contributed by atoms with Crippen molar-refractivity contribution in [1.29, 1.82) is 5.26 Å². The number of nitrogen functional groups attached to an aromatic ring is 1. The van der Waals surface area contributed by atoms with Gasteiger partial charge in [-0.2, -0.15) is 14.9 Å². The Morgan fingerprint density at radius 3 is 2.61 bits per heavy atom. The van der Waals surface area contributed by atoms with E-state index in [4.69, 9.17) is 16.0 Å². The summed E-state index contributed by atoms with van der Waals surface area (Å²) in [7, 11) is 0. The SMILES string of the molecule is N#Cc1ncc(-c2cnn3c(N)cc(C4CC5CC[C@H](C4)N5C(=O)c4nnc[nH]4)nc23)cn1. The second kappa shape index (κ2) is 7.33. The lowest BCUT2D eigenvalue weighted by atomic mass is 9.87. The van der Waals surface area contributed by atoms with Crippen molar-refractivity contribution in [3.8, 4) is 17.2 Å². The van der Waals surface area contributed by atoms with Gasteiger partial charge in [0.25, 0.3) is 5.91 Å². The van der Waals surface area contributed by atoms with Crippen molar-refractivity contribution < 1.29 is 4.79 Å². The Balaban J connectivity index is 1.32. The van der Waals surface area contributed by atoms with Crippen molar-refractivity contribution in [2.45, 2.75) is 43.7 Å². The predicted molar refractivity (Wildman–Crippen MR) is 114 cm³/mol. The lowest BCUT2D eigenvalue weighted by Gasteiger charge is -2.38. The zero-order valence-electron chi connectivity index (χ0n) is 17.5. The van der Waals surface area contributed by atoms with Gasteiger partial charge in [-0.3, -0.25) is 4.79 Å². The Bertz CT molecular complexity index is 1370.